The Morgan fingerprint density at radius 3 is 2.71 bits per heavy atom. The molecule has 0 aliphatic carbocycles. The average Bonchev–Trinajstić information content (AvgIpc) is 2.58. The average molecular weight is 235 g/mol. The molecule has 0 saturated carbocycles. The monoisotopic (exact) mass is 235 g/mol. The Bertz CT molecular complexity index is 434. The first kappa shape index (κ1) is 12.2. The molecule has 94 valence electrons. The molecule has 0 radical (unpaired) electrons. The largest absolute Gasteiger partial charge is 0.501 e. The van der Waals surface area contributed by atoms with Crippen LogP contribution in [0.5, 0.6) is 0 Å². The minimum Gasteiger partial charge on any atom is -0.501 e. The number of hydrogen-bond donors (Lipinski definition) is 1. The van der Waals surface area contributed by atoms with Crippen molar-refractivity contribution >= 4 is 0 Å². The molecule has 0 amide bonds. The lowest BCUT2D eigenvalue weighted by Gasteiger charge is -2.23. The number of ether oxygens (including phenoxy) is 1. The van der Waals surface area contributed by atoms with Crippen LogP contribution in [-0.2, 0) is 11.8 Å². The highest BCUT2D eigenvalue weighted by Gasteiger charge is 2.23. The van der Waals surface area contributed by atoms with Gasteiger partial charge >= 0.3 is 0 Å². The zero-order valence-electron chi connectivity index (χ0n) is 11.1. The normalized spacial score (nSPS) is 17.5. The van der Waals surface area contributed by atoms with E-state index in [4.69, 9.17) is 4.74 Å². The maximum Gasteiger partial charge on any atom is 0.0876 e. The van der Waals surface area contributed by atoms with Crippen LogP contribution < -0.4 is 5.32 Å². The van der Waals surface area contributed by atoms with Gasteiger partial charge in [-0.15, -0.1) is 0 Å². The van der Waals surface area contributed by atoms with Crippen molar-refractivity contribution in [3.63, 3.8) is 0 Å². The first-order valence-electron chi connectivity index (χ1n) is 6.13. The summed E-state index contributed by atoms with van der Waals surface area (Å²) < 4.78 is 7.39. The smallest absolute Gasteiger partial charge is 0.0876 e. The third-order valence-corrected chi connectivity index (χ3v) is 3.48. The molecule has 1 aliphatic rings. The van der Waals surface area contributed by atoms with E-state index in [1.54, 1.807) is 0 Å². The summed E-state index contributed by atoms with van der Waals surface area (Å²) in [5, 5.41) is 7.86. The molecular weight excluding hydrogens is 214 g/mol. The number of nitrogens with one attached hydrogen (secondary N) is 1. The summed E-state index contributed by atoms with van der Waals surface area (Å²) in [5.41, 5.74) is 4.91. The van der Waals surface area contributed by atoms with Crippen molar-refractivity contribution in [2.75, 3.05) is 13.7 Å². The summed E-state index contributed by atoms with van der Waals surface area (Å²) in [7, 11) is 3.98. The molecule has 0 spiro atoms. The highest BCUT2D eigenvalue weighted by molar-refractivity contribution is 5.34. The van der Waals surface area contributed by atoms with E-state index in [2.05, 4.69) is 24.3 Å². The lowest BCUT2D eigenvalue weighted by Crippen LogP contribution is -2.22. The van der Waals surface area contributed by atoms with Crippen molar-refractivity contribution in [2.45, 2.75) is 32.7 Å². The molecule has 4 heteroatoms. The molecule has 0 aromatic carbocycles. The second-order valence-corrected chi connectivity index (χ2v) is 4.60. The van der Waals surface area contributed by atoms with Gasteiger partial charge in [0.25, 0.3) is 0 Å². The van der Waals surface area contributed by atoms with Gasteiger partial charge in [0.2, 0.25) is 0 Å². The molecule has 1 N–H and O–H groups in total. The molecule has 0 saturated heterocycles. The molecule has 2 rings (SSSR count). The van der Waals surface area contributed by atoms with Crippen LogP contribution in [0.4, 0.5) is 0 Å². The minimum atomic E-state index is 0.226. The molecule has 1 atom stereocenters. The fourth-order valence-corrected chi connectivity index (χ4v) is 2.52. The zero-order valence-corrected chi connectivity index (χ0v) is 11.1. The Hall–Kier alpha value is -1.29. The van der Waals surface area contributed by atoms with Gasteiger partial charge in [-0.3, -0.25) is 4.68 Å². The fraction of sp³-hybridized carbons (Fsp3) is 0.615. The van der Waals surface area contributed by atoms with Crippen LogP contribution >= 0.6 is 0 Å². The molecular formula is C13H21N3O. The van der Waals surface area contributed by atoms with Gasteiger partial charge in [-0.05, 0) is 39.3 Å². The molecule has 1 aromatic heterocycles. The SMILES string of the molecule is CNC(C1=COCCC1)c1c(C)nn(C)c1C. The van der Waals surface area contributed by atoms with E-state index in [-0.39, 0.29) is 6.04 Å². The fourth-order valence-electron chi connectivity index (χ4n) is 2.52. The maximum absolute atomic E-state index is 5.44. The first-order chi connectivity index (χ1) is 8.15. The van der Waals surface area contributed by atoms with Gasteiger partial charge < -0.3 is 10.1 Å². The highest BCUT2D eigenvalue weighted by Crippen LogP contribution is 2.30. The van der Waals surface area contributed by atoms with Crippen LogP contribution in [0.15, 0.2) is 11.8 Å². The third-order valence-electron chi connectivity index (χ3n) is 3.48. The van der Waals surface area contributed by atoms with Gasteiger partial charge in [0.1, 0.15) is 0 Å². The summed E-state index contributed by atoms with van der Waals surface area (Å²) in [5.74, 6) is 0. The van der Waals surface area contributed by atoms with Gasteiger partial charge in [-0.2, -0.15) is 5.10 Å². The van der Waals surface area contributed by atoms with E-state index >= 15 is 0 Å². The van der Waals surface area contributed by atoms with Crippen LogP contribution in [0.3, 0.4) is 0 Å². The van der Waals surface area contributed by atoms with Crippen molar-refractivity contribution in [2.24, 2.45) is 7.05 Å². The minimum absolute atomic E-state index is 0.226. The van der Waals surface area contributed by atoms with Crippen molar-refractivity contribution in [1.82, 2.24) is 15.1 Å². The van der Waals surface area contributed by atoms with Gasteiger partial charge in [0.15, 0.2) is 0 Å². The van der Waals surface area contributed by atoms with Crippen LogP contribution in [0.1, 0.15) is 35.8 Å². The van der Waals surface area contributed by atoms with E-state index in [1.165, 1.54) is 16.8 Å². The Morgan fingerprint density at radius 1 is 1.47 bits per heavy atom. The summed E-state index contributed by atoms with van der Waals surface area (Å²) in [6, 6.07) is 0.226. The first-order valence-corrected chi connectivity index (χ1v) is 6.13. The Labute approximate surface area is 103 Å². The number of hydrogen-bond acceptors (Lipinski definition) is 3. The molecule has 2 heterocycles. The number of rotatable bonds is 3. The quantitative estimate of drug-likeness (QED) is 0.871. The van der Waals surface area contributed by atoms with Crippen molar-refractivity contribution in [3.8, 4) is 0 Å². The number of aryl methyl sites for hydroxylation is 2. The molecule has 1 aromatic rings. The number of nitrogens with zero attached hydrogens (tertiary/aromatic N) is 2. The van der Waals surface area contributed by atoms with E-state index in [1.807, 2.05) is 25.0 Å². The van der Waals surface area contributed by atoms with E-state index in [0.29, 0.717) is 0 Å². The maximum atomic E-state index is 5.44. The van der Waals surface area contributed by atoms with Crippen molar-refractivity contribution in [1.29, 1.82) is 0 Å². The van der Waals surface area contributed by atoms with E-state index < -0.39 is 0 Å². The summed E-state index contributed by atoms with van der Waals surface area (Å²) in [6.45, 7) is 5.02. The standard InChI is InChI=1S/C13H21N3O/c1-9-12(10(2)16(4)15-9)13(14-3)11-6-5-7-17-8-11/h8,13-14H,5-7H2,1-4H3. The zero-order chi connectivity index (χ0) is 12.4. The number of aromatic nitrogens is 2. The summed E-state index contributed by atoms with van der Waals surface area (Å²) >= 11 is 0. The van der Waals surface area contributed by atoms with Crippen molar-refractivity contribution in [3.05, 3.63) is 28.8 Å². The summed E-state index contributed by atoms with van der Waals surface area (Å²) in [4.78, 5) is 0. The van der Waals surface area contributed by atoms with Crippen LogP contribution in [0, 0.1) is 13.8 Å². The van der Waals surface area contributed by atoms with E-state index in [0.717, 1.165) is 25.1 Å². The molecule has 0 bridgehead atoms. The topological polar surface area (TPSA) is 39.1 Å². The lowest BCUT2D eigenvalue weighted by molar-refractivity contribution is 0.220. The summed E-state index contributed by atoms with van der Waals surface area (Å²) in [6.07, 6.45) is 4.11. The van der Waals surface area contributed by atoms with Gasteiger partial charge in [0, 0.05) is 18.3 Å². The lowest BCUT2D eigenvalue weighted by atomic mass is 9.94. The predicted octanol–water partition coefficient (Wildman–Crippen LogP) is 1.99. The van der Waals surface area contributed by atoms with Gasteiger partial charge in [-0.25, -0.2) is 0 Å². The van der Waals surface area contributed by atoms with E-state index in [9.17, 15) is 0 Å². The predicted molar refractivity (Wildman–Crippen MR) is 67.8 cm³/mol. The molecule has 0 fully saturated rings. The van der Waals surface area contributed by atoms with Gasteiger partial charge in [0.05, 0.1) is 24.6 Å². The van der Waals surface area contributed by atoms with Crippen molar-refractivity contribution < 1.29 is 4.74 Å². The molecule has 17 heavy (non-hydrogen) atoms. The van der Waals surface area contributed by atoms with Gasteiger partial charge in [-0.1, -0.05) is 0 Å². The second-order valence-electron chi connectivity index (χ2n) is 4.60. The third kappa shape index (κ3) is 2.22. The Kier molecular flexibility index (Phi) is 3.52. The molecule has 1 unspecified atom stereocenters. The number of likely N-dealkylation sites (N-methyl/N-ethyl adjacent to an activating group) is 1. The van der Waals surface area contributed by atoms with Crippen LogP contribution in [-0.4, -0.2) is 23.4 Å². The van der Waals surface area contributed by atoms with Crippen LogP contribution in [0.2, 0.25) is 0 Å². The molecule has 4 nitrogen and oxygen atoms in total. The Morgan fingerprint density at radius 2 is 2.24 bits per heavy atom. The van der Waals surface area contributed by atoms with Crippen LogP contribution in [0.25, 0.3) is 0 Å². The Balaban J connectivity index is 2.37. The second kappa shape index (κ2) is 4.92. The highest BCUT2D eigenvalue weighted by atomic mass is 16.5. The molecule has 1 aliphatic heterocycles.